The third-order valence-corrected chi connectivity index (χ3v) is 5.97. The number of hydrogen-bond acceptors (Lipinski definition) is 2. The highest BCUT2D eigenvalue weighted by Crippen LogP contribution is 2.44. The van der Waals surface area contributed by atoms with E-state index in [1.165, 1.54) is 30.6 Å². The largest absolute Gasteiger partial charge is 0.313 e. The van der Waals surface area contributed by atoms with E-state index < -0.39 is 0 Å². The molecule has 2 aliphatic carbocycles. The molecule has 0 spiro atoms. The first-order valence-corrected chi connectivity index (χ1v) is 7.80. The van der Waals surface area contributed by atoms with Crippen molar-refractivity contribution in [3.05, 3.63) is 22.4 Å². The molecule has 2 aliphatic rings. The van der Waals surface area contributed by atoms with E-state index in [0.717, 1.165) is 24.4 Å². The summed E-state index contributed by atoms with van der Waals surface area (Å²) < 4.78 is 0. The maximum atomic E-state index is 3.85. The zero-order valence-corrected chi connectivity index (χ0v) is 11.7. The molecule has 2 fully saturated rings. The molecule has 3 atom stereocenters. The molecule has 0 amide bonds. The number of fused-ring (bicyclic) bond motifs is 2. The van der Waals surface area contributed by atoms with Crippen LogP contribution in [0.2, 0.25) is 0 Å². The molecule has 2 heteroatoms. The summed E-state index contributed by atoms with van der Waals surface area (Å²) in [6, 6.07) is 5.25. The minimum absolute atomic E-state index is 0.288. The normalized spacial score (nSPS) is 32.2. The van der Waals surface area contributed by atoms with Gasteiger partial charge < -0.3 is 5.32 Å². The maximum absolute atomic E-state index is 3.85. The van der Waals surface area contributed by atoms with Crippen molar-refractivity contribution in [2.75, 3.05) is 6.54 Å². The first-order valence-electron chi connectivity index (χ1n) is 6.92. The van der Waals surface area contributed by atoms with E-state index in [9.17, 15) is 0 Å². The van der Waals surface area contributed by atoms with Crippen molar-refractivity contribution < 1.29 is 0 Å². The van der Waals surface area contributed by atoms with E-state index in [0.29, 0.717) is 0 Å². The zero-order chi connectivity index (χ0) is 11.9. The first-order chi connectivity index (χ1) is 8.15. The van der Waals surface area contributed by atoms with Crippen LogP contribution in [0, 0.1) is 11.8 Å². The van der Waals surface area contributed by atoms with Gasteiger partial charge >= 0.3 is 0 Å². The fraction of sp³-hybridized carbons (Fsp3) is 0.733. The van der Waals surface area contributed by atoms with Crippen LogP contribution in [0.4, 0.5) is 0 Å². The molecule has 1 N–H and O–H groups in total. The summed E-state index contributed by atoms with van der Waals surface area (Å²) in [7, 11) is 0. The second kappa shape index (κ2) is 4.40. The van der Waals surface area contributed by atoms with Crippen LogP contribution in [0.1, 0.15) is 44.4 Å². The van der Waals surface area contributed by atoms with E-state index in [1.54, 1.807) is 0 Å². The van der Waals surface area contributed by atoms with E-state index in [2.05, 4.69) is 36.7 Å². The van der Waals surface area contributed by atoms with Gasteiger partial charge in [0, 0.05) is 22.9 Å². The van der Waals surface area contributed by atoms with Crippen LogP contribution in [0.5, 0.6) is 0 Å². The predicted octanol–water partition coefficient (Wildman–Crippen LogP) is 3.80. The molecule has 0 saturated heterocycles. The molecule has 3 rings (SSSR count). The first kappa shape index (κ1) is 11.7. The third kappa shape index (κ3) is 2.30. The topological polar surface area (TPSA) is 12.0 Å². The Kier molecular flexibility index (Phi) is 3.04. The van der Waals surface area contributed by atoms with E-state index >= 15 is 0 Å². The Morgan fingerprint density at radius 2 is 2.24 bits per heavy atom. The van der Waals surface area contributed by atoms with Crippen molar-refractivity contribution in [2.24, 2.45) is 11.8 Å². The van der Waals surface area contributed by atoms with Gasteiger partial charge in [0.25, 0.3) is 0 Å². The Balaban J connectivity index is 1.57. The molecule has 1 nitrogen and oxygen atoms in total. The van der Waals surface area contributed by atoms with Crippen molar-refractivity contribution in [3.63, 3.8) is 0 Å². The highest BCUT2D eigenvalue weighted by molar-refractivity contribution is 7.10. The van der Waals surface area contributed by atoms with E-state index in [1.807, 2.05) is 11.3 Å². The van der Waals surface area contributed by atoms with Crippen LogP contribution < -0.4 is 5.32 Å². The van der Waals surface area contributed by atoms with E-state index in [-0.39, 0.29) is 5.41 Å². The second-order valence-electron chi connectivity index (χ2n) is 6.52. The predicted molar refractivity (Wildman–Crippen MR) is 74.6 cm³/mol. The molecule has 0 aliphatic heterocycles. The van der Waals surface area contributed by atoms with Crippen LogP contribution in [-0.4, -0.2) is 12.6 Å². The highest BCUT2D eigenvalue weighted by atomic mass is 32.1. The SMILES string of the molecule is CC(C)(CNC1CC2CCC1C2)c1cccs1. The van der Waals surface area contributed by atoms with Gasteiger partial charge in [0.1, 0.15) is 0 Å². The smallest absolute Gasteiger partial charge is 0.0115 e. The van der Waals surface area contributed by atoms with Crippen LogP contribution in [0.3, 0.4) is 0 Å². The quantitative estimate of drug-likeness (QED) is 0.856. The minimum atomic E-state index is 0.288. The average molecular weight is 249 g/mol. The summed E-state index contributed by atoms with van der Waals surface area (Å²) in [5.74, 6) is 2.03. The van der Waals surface area contributed by atoms with Crippen LogP contribution in [0.25, 0.3) is 0 Å². The van der Waals surface area contributed by atoms with Gasteiger partial charge in [-0.05, 0) is 42.5 Å². The van der Waals surface area contributed by atoms with Gasteiger partial charge in [-0.1, -0.05) is 26.3 Å². The molecule has 17 heavy (non-hydrogen) atoms. The summed E-state index contributed by atoms with van der Waals surface area (Å²) in [5, 5.41) is 6.04. The van der Waals surface area contributed by atoms with Crippen LogP contribution in [0.15, 0.2) is 17.5 Å². The molecular formula is C15H23NS. The Morgan fingerprint density at radius 1 is 1.35 bits per heavy atom. The Hall–Kier alpha value is -0.340. The number of hydrogen-bond donors (Lipinski definition) is 1. The molecule has 0 aromatic carbocycles. The van der Waals surface area contributed by atoms with Gasteiger partial charge in [-0.2, -0.15) is 0 Å². The molecule has 94 valence electrons. The standard InChI is InChI=1S/C15H23NS/c1-15(2,14-4-3-7-17-14)10-16-13-9-11-5-6-12(13)8-11/h3-4,7,11-13,16H,5-6,8-10H2,1-2H3. The van der Waals surface area contributed by atoms with Crippen molar-refractivity contribution >= 4 is 11.3 Å². The molecule has 1 aromatic rings. The lowest BCUT2D eigenvalue weighted by Crippen LogP contribution is -2.41. The second-order valence-corrected chi connectivity index (χ2v) is 7.47. The Labute approximate surface area is 109 Å². The third-order valence-electron chi connectivity index (χ3n) is 4.73. The Bertz CT molecular complexity index is 368. The van der Waals surface area contributed by atoms with Gasteiger partial charge in [-0.15, -0.1) is 11.3 Å². The summed E-state index contributed by atoms with van der Waals surface area (Å²) in [6.45, 7) is 5.85. The number of rotatable bonds is 4. The number of nitrogens with one attached hydrogen (secondary N) is 1. The van der Waals surface area contributed by atoms with Gasteiger partial charge in [0.15, 0.2) is 0 Å². The highest BCUT2D eigenvalue weighted by Gasteiger charge is 2.39. The summed E-state index contributed by atoms with van der Waals surface area (Å²) in [6.07, 6.45) is 5.90. The number of thiophene rings is 1. The average Bonchev–Trinajstić information content (AvgIpc) is 3.02. The van der Waals surface area contributed by atoms with Crippen LogP contribution in [-0.2, 0) is 5.41 Å². The fourth-order valence-corrected chi connectivity index (χ4v) is 4.48. The van der Waals surface area contributed by atoms with Crippen molar-refractivity contribution in [2.45, 2.75) is 51.0 Å². The molecule has 3 unspecified atom stereocenters. The molecular weight excluding hydrogens is 226 g/mol. The van der Waals surface area contributed by atoms with Crippen molar-refractivity contribution in [1.29, 1.82) is 0 Å². The monoisotopic (exact) mass is 249 g/mol. The molecule has 2 saturated carbocycles. The van der Waals surface area contributed by atoms with Gasteiger partial charge in [-0.3, -0.25) is 0 Å². The van der Waals surface area contributed by atoms with Gasteiger partial charge in [-0.25, -0.2) is 0 Å². The van der Waals surface area contributed by atoms with Crippen molar-refractivity contribution in [1.82, 2.24) is 5.32 Å². The molecule has 1 aromatic heterocycles. The summed E-state index contributed by atoms with van der Waals surface area (Å²) >= 11 is 1.89. The molecule has 0 radical (unpaired) electrons. The molecule has 2 bridgehead atoms. The fourth-order valence-electron chi connectivity index (χ4n) is 3.63. The van der Waals surface area contributed by atoms with Gasteiger partial charge in [0.2, 0.25) is 0 Å². The van der Waals surface area contributed by atoms with Crippen LogP contribution >= 0.6 is 11.3 Å². The Morgan fingerprint density at radius 3 is 2.82 bits per heavy atom. The van der Waals surface area contributed by atoms with E-state index in [4.69, 9.17) is 0 Å². The van der Waals surface area contributed by atoms with Crippen molar-refractivity contribution in [3.8, 4) is 0 Å². The lowest BCUT2D eigenvalue weighted by Gasteiger charge is -2.29. The summed E-state index contributed by atoms with van der Waals surface area (Å²) in [5.41, 5.74) is 0.288. The zero-order valence-electron chi connectivity index (χ0n) is 10.9. The lowest BCUT2D eigenvalue weighted by molar-refractivity contribution is 0.325. The minimum Gasteiger partial charge on any atom is -0.313 e. The molecule has 1 heterocycles. The maximum Gasteiger partial charge on any atom is 0.0115 e. The van der Waals surface area contributed by atoms with Gasteiger partial charge in [0.05, 0.1) is 0 Å². The summed E-state index contributed by atoms with van der Waals surface area (Å²) in [4.78, 5) is 1.51. The lowest BCUT2D eigenvalue weighted by atomic mass is 9.89.